The van der Waals surface area contributed by atoms with Gasteiger partial charge in [0.2, 0.25) is 0 Å². The van der Waals surface area contributed by atoms with E-state index in [4.69, 9.17) is 4.74 Å². The quantitative estimate of drug-likeness (QED) is 0.612. The molecule has 1 aromatic heterocycles. The summed E-state index contributed by atoms with van der Waals surface area (Å²) in [5.41, 5.74) is 3.04. The molecule has 0 bridgehead atoms. The number of ketones is 1. The summed E-state index contributed by atoms with van der Waals surface area (Å²) in [6.07, 6.45) is 5.72. The first kappa shape index (κ1) is 18.4. The Morgan fingerprint density at radius 1 is 1.18 bits per heavy atom. The zero-order valence-corrected chi connectivity index (χ0v) is 16.1. The molecule has 28 heavy (non-hydrogen) atoms. The number of carbonyl (C=O) groups is 1. The number of rotatable bonds is 6. The van der Waals surface area contributed by atoms with Crippen LogP contribution in [0.5, 0.6) is 5.75 Å². The van der Waals surface area contributed by atoms with Gasteiger partial charge in [-0.25, -0.2) is 4.68 Å². The summed E-state index contributed by atoms with van der Waals surface area (Å²) in [6.45, 7) is 2.66. The number of aromatic nitrogens is 2. The Balaban J connectivity index is 1.44. The number of hydrogen-bond donors (Lipinski definition) is 0. The van der Waals surface area contributed by atoms with Crippen molar-refractivity contribution in [2.45, 2.75) is 19.4 Å². The Morgan fingerprint density at radius 3 is 2.89 bits per heavy atom. The van der Waals surface area contributed by atoms with Gasteiger partial charge in [0, 0.05) is 37.0 Å². The molecule has 5 heteroatoms. The van der Waals surface area contributed by atoms with Gasteiger partial charge in [-0.15, -0.1) is 0 Å². The summed E-state index contributed by atoms with van der Waals surface area (Å²) >= 11 is 0. The monoisotopic (exact) mass is 375 g/mol. The molecule has 0 saturated carbocycles. The molecule has 1 aliphatic heterocycles. The van der Waals surface area contributed by atoms with Crippen LogP contribution in [0.25, 0.3) is 5.69 Å². The minimum atomic E-state index is 0.0372. The molecule has 1 fully saturated rings. The smallest absolute Gasteiger partial charge is 0.167 e. The lowest BCUT2D eigenvalue weighted by Gasteiger charge is -2.32. The highest BCUT2D eigenvalue weighted by atomic mass is 16.5. The largest absolute Gasteiger partial charge is 0.497 e. The second kappa shape index (κ2) is 8.40. The van der Waals surface area contributed by atoms with Gasteiger partial charge in [0.15, 0.2) is 5.78 Å². The van der Waals surface area contributed by atoms with Crippen molar-refractivity contribution < 1.29 is 9.53 Å². The van der Waals surface area contributed by atoms with Crippen LogP contribution in [0, 0.1) is 5.92 Å². The predicted octanol–water partition coefficient (Wildman–Crippen LogP) is 3.98. The fraction of sp³-hybridized carbons (Fsp3) is 0.304. The maximum Gasteiger partial charge on any atom is 0.167 e. The van der Waals surface area contributed by atoms with Crippen LogP contribution in [0.3, 0.4) is 0 Å². The van der Waals surface area contributed by atoms with E-state index in [-0.39, 0.29) is 11.7 Å². The first-order chi connectivity index (χ1) is 13.7. The third-order valence-corrected chi connectivity index (χ3v) is 5.32. The molecule has 1 aliphatic rings. The van der Waals surface area contributed by atoms with E-state index in [2.05, 4.69) is 34.3 Å². The highest BCUT2D eigenvalue weighted by Gasteiger charge is 2.26. The molecule has 0 radical (unpaired) electrons. The number of Topliss-reactive ketones (excluding diaryl/α,β-unsaturated/α-hetero) is 1. The number of piperidine rings is 1. The van der Waals surface area contributed by atoms with Gasteiger partial charge in [-0.05, 0) is 55.3 Å². The van der Waals surface area contributed by atoms with Crippen LogP contribution in [0.4, 0.5) is 0 Å². The van der Waals surface area contributed by atoms with Crippen molar-refractivity contribution in [1.82, 2.24) is 14.7 Å². The van der Waals surface area contributed by atoms with Gasteiger partial charge >= 0.3 is 0 Å². The van der Waals surface area contributed by atoms with E-state index < -0.39 is 0 Å². The minimum absolute atomic E-state index is 0.0372. The van der Waals surface area contributed by atoms with Crippen LogP contribution in [0.1, 0.15) is 28.8 Å². The van der Waals surface area contributed by atoms with Crippen molar-refractivity contribution in [2.24, 2.45) is 5.92 Å². The first-order valence-corrected chi connectivity index (χ1v) is 9.72. The lowest BCUT2D eigenvalue weighted by molar-refractivity contribution is 0.0811. The average Bonchev–Trinajstić information content (AvgIpc) is 3.29. The molecule has 5 nitrogen and oxygen atoms in total. The van der Waals surface area contributed by atoms with E-state index in [0.29, 0.717) is 0 Å². The molecule has 0 spiro atoms. The lowest BCUT2D eigenvalue weighted by Crippen LogP contribution is -2.38. The number of carbonyl (C=O) groups excluding carboxylic acids is 1. The first-order valence-electron chi connectivity index (χ1n) is 9.72. The van der Waals surface area contributed by atoms with E-state index in [0.717, 1.165) is 49.5 Å². The molecule has 0 N–H and O–H groups in total. The molecule has 1 atom stereocenters. The Morgan fingerprint density at radius 2 is 2.07 bits per heavy atom. The van der Waals surface area contributed by atoms with Gasteiger partial charge < -0.3 is 4.74 Å². The third-order valence-electron chi connectivity index (χ3n) is 5.32. The second-order valence-electron chi connectivity index (χ2n) is 7.29. The summed E-state index contributed by atoms with van der Waals surface area (Å²) in [5, 5.41) is 4.31. The SMILES string of the molecule is COc1cccc(C(=O)[C@H]2CCCN(Cc3cccc(-n4cccn4)c3)C2)c1. The van der Waals surface area contributed by atoms with Gasteiger partial charge in [-0.3, -0.25) is 9.69 Å². The number of benzene rings is 2. The Bertz CT molecular complexity index is 937. The molecule has 0 amide bonds. The van der Waals surface area contributed by atoms with Crippen LogP contribution in [-0.4, -0.2) is 40.7 Å². The molecule has 0 unspecified atom stereocenters. The standard InChI is InChI=1S/C23H25N3O2/c1-28-22-10-3-7-19(15-22)23(27)20-8-4-12-25(17-20)16-18-6-2-9-21(14-18)26-13-5-11-24-26/h2-3,5-7,9-11,13-15,20H,4,8,12,16-17H2,1H3/t20-/m0/s1. The van der Waals surface area contributed by atoms with Crippen molar-refractivity contribution in [3.63, 3.8) is 0 Å². The van der Waals surface area contributed by atoms with Crippen LogP contribution in [0.15, 0.2) is 67.0 Å². The van der Waals surface area contributed by atoms with Gasteiger partial charge in [0.1, 0.15) is 5.75 Å². The molecule has 4 rings (SSSR count). The van der Waals surface area contributed by atoms with Crippen molar-refractivity contribution in [2.75, 3.05) is 20.2 Å². The van der Waals surface area contributed by atoms with Gasteiger partial charge in [0.05, 0.1) is 12.8 Å². The van der Waals surface area contributed by atoms with Crippen molar-refractivity contribution in [1.29, 1.82) is 0 Å². The summed E-state index contributed by atoms with van der Waals surface area (Å²) < 4.78 is 7.13. The van der Waals surface area contributed by atoms with E-state index in [1.165, 1.54) is 5.56 Å². The zero-order valence-electron chi connectivity index (χ0n) is 16.1. The number of hydrogen-bond acceptors (Lipinski definition) is 4. The number of methoxy groups -OCH3 is 1. The van der Waals surface area contributed by atoms with E-state index >= 15 is 0 Å². The van der Waals surface area contributed by atoms with Crippen molar-refractivity contribution in [3.05, 3.63) is 78.1 Å². The predicted molar refractivity (Wildman–Crippen MR) is 109 cm³/mol. The van der Waals surface area contributed by atoms with E-state index in [9.17, 15) is 4.79 Å². The Kier molecular flexibility index (Phi) is 5.53. The summed E-state index contributed by atoms with van der Waals surface area (Å²) in [7, 11) is 1.63. The second-order valence-corrected chi connectivity index (χ2v) is 7.29. The molecule has 2 aromatic carbocycles. The topological polar surface area (TPSA) is 47.4 Å². The van der Waals surface area contributed by atoms with Crippen molar-refractivity contribution in [3.8, 4) is 11.4 Å². The van der Waals surface area contributed by atoms with E-state index in [1.807, 2.05) is 41.2 Å². The lowest BCUT2D eigenvalue weighted by atomic mass is 9.89. The van der Waals surface area contributed by atoms with Crippen LogP contribution < -0.4 is 4.74 Å². The maximum atomic E-state index is 13.0. The molecular formula is C23H25N3O2. The van der Waals surface area contributed by atoms with Gasteiger partial charge in [-0.2, -0.15) is 5.10 Å². The van der Waals surface area contributed by atoms with Gasteiger partial charge in [-0.1, -0.05) is 24.3 Å². The molecular weight excluding hydrogens is 350 g/mol. The molecule has 144 valence electrons. The molecule has 0 aliphatic carbocycles. The minimum Gasteiger partial charge on any atom is -0.497 e. The fourth-order valence-corrected chi connectivity index (χ4v) is 3.90. The third kappa shape index (κ3) is 4.15. The molecule has 3 aromatic rings. The zero-order chi connectivity index (χ0) is 19.3. The highest BCUT2D eigenvalue weighted by Crippen LogP contribution is 2.24. The number of ether oxygens (including phenoxy) is 1. The molecule has 1 saturated heterocycles. The highest BCUT2D eigenvalue weighted by molar-refractivity contribution is 5.98. The van der Waals surface area contributed by atoms with Gasteiger partial charge in [0.25, 0.3) is 0 Å². The molecule has 2 heterocycles. The van der Waals surface area contributed by atoms with E-state index in [1.54, 1.807) is 13.3 Å². The summed E-state index contributed by atoms with van der Waals surface area (Å²) in [6, 6.07) is 17.8. The summed E-state index contributed by atoms with van der Waals surface area (Å²) in [5.74, 6) is 0.984. The number of nitrogens with zero attached hydrogens (tertiary/aromatic N) is 3. The maximum absolute atomic E-state index is 13.0. The Labute approximate surface area is 165 Å². The summed E-state index contributed by atoms with van der Waals surface area (Å²) in [4.78, 5) is 15.4. The van der Waals surface area contributed by atoms with Crippen LogP contribution in [0.2, 0.25) is 0 Å². The van der Waals surface area contributed by atoms with Crippen molar-refractivity contribution >= 4 is 5.78 Å². The average molecular weight is 375 g/mol. The van der Waals surface area contributed by atoms with Crippen LogP contribution >= 0.6 is 0 Å². The van der Waals surface area contributed by atoms with Crippen LogP contribution in [-0.2, 0) is 6.54 Å². The normalized spacial score (nSPS) is 17.4. The fourth-order valence-electron chi connectivity index (χ4n) is 3.90. The number of likely N-dealkylation sites (tertiary alicyclic amines) is 1. The Hall–Kier alpha value is -2.92.